The maximum atomic E-state index is 12.6. The first kappa shape index (κ1) is 18.0. The Morgan fingerprint density at radius 1 is 1.11 bits per heavy atom. The number of nitrogens with zero attached hydrogens (tertiary/aromatic N) is 3. The summed E-state index contributed by atoms with van der Waals surface area (Å²) in [4.78, 5) is 31.1. The molecule has 3 unspecified atom stereocenters. The van der Waals surface area contributed by atoms with Crippen LogP contribution in [-0.2, 0) is 9.59 Å². The van der Waals surface area contributed by atoms with Crippen molar-refractivity contribution < 1.29 is 14.3 Å². The topological polar surface area (TPSA) is 53.1 Å². The lowest BCUT2D eigenvalue weighted by atomic mass is 9.85. The summed E-state index contributed by atoms with van der Waals surface area (Å²) in [5.41, 5.74) is 1.13. The van der Waals surface area contributed by atoms with Gasteiger partial charge in [-0.15, -0.1) is 0 Å². The van der Waals surface area contributed by atoms with Crippen LogP contribution in [0.25, 0.3) is 0 Å². The first-order valence-electron chi connectivity index (χ1n) is 9.78. The van der Waals surface area contributed by atoms with Crippen molar-refractivity contribution in [3.63, 3.8) is 0 Å². The molecule has 2 amide bonds. The number of imide groups is 1. The van der Waals surface area contributed by atoms with E-state index in [1.165, 1.54) is 4.90 Å². The number of rotatable bonds is 5. The normalized spacial score (nSPS) is 27.0. The van der Waals surface area contributed by atoms with Crippen LogP contribution in [0.1, 0.15) is 19.8 Å². The molecule has 144 valence electrons. The van der Waals surface area contributed by atoms with Crippen molar-refractivity contribution in [1.82, 2.24) is 9.80 Å². The van der Waals surface area contributed by atoms with Crippen LogP contribution in [0.5, 0.6) is 5.75 Å². The Bertz CT molecular complexity index is 737. The predicted octanol–water partition coefficient (Wildman–Crippen LogP) is 2.11. The van der Waals surface area contributed by atoms with E-state index in [9.17, 15) is 9.59 Å². The van der Waals surface area contributed by atoms with E-state index in [1.54, 1.807) is 0 Å². The van der Waals surface area contributed by atoms with Crippen LogP contribution in [0.3, 0.4) is 0 Å². The third-order valence-electron chi connectivity index (χ3n) is 5.80. The second-order valence-electron chi connectivity index (χ2n) is 7.69. The average molecular weight is 369 g/mol. The molecular weight excluding hydrogens is 342 g/mol. The lowest BCUT2D eigenvalue weighted by Gasteiger charge is -2.37. The summed E-state index contributed by atoms with van der Waals surface area (Å²) < 4.78 is 6.17. The molecule has 2 aliphatic heterocycles. The Morgan fingerprint density at radius 3 is 2.44 bits per heavy atom. The molecular formula is C21H27N3O3. The predicted molar refractivity (Wildman–Crippen MR) is 103 cm³/mol. The first-order chi connectivity index (χ1) is 13.1. The van der Waals surface area contributed by atoms with Gasteiger partial charge in [-0.3, -0.25) is 19.4 Å². The van der Waals surface area contributed by atoms with E-state index in [4.69, 9.17) is 4.74 Å². The second-order valence-corrected chi connectivity index (χ2v) is 7.69. The van der Waals surface area contributed by atoms with Gasteiger partial charge in [0.2, 0.25) is 11.8 Å². The highest BCUT2D eigenvalue weighted by Crippen LogP contribution is 2.35. The number of benzene rings is 1. The lowest BCUT2D eigenvalue weighted by molar-refractivity contribution is -0.142. The Hall–Kier alpha value is -2.34. The van der Waals surface area contributed by atoms with E-state index in [0.29, 0.717) is 26.1 Å². The van der Waals surface area contributed by atoms with Crippen molar-refractivity contribution >= 4 is 17.5 Å². The number of allylic oxidation sites excluding steroid dienone is 2. The summed E-state index contributed by atoms with van der Waals surface area (Å²) in [5, 5.41) is 0. The number of ether oxygens (including phenoxy) is 1. The number of anilines is 1. The molecule has 0 radical (unpaired) electrons. The van der Waals surface area contributed by atoms with Crippen LogP contribution >= 0.6 is 0 Å². The van der Waals surface area contributed by atoms with Crippen LogP contribution in [0, 0.1) is 11.8 Å². The van der Waals surface area contributed by atoms with Crippen molar-refractivity contribution in [1.29, 1.82) is 0 Å². The van der Waals surface area contributed by atoms with E-state index in [0.717, 1.165) is 24.5 Å². The SMILES string of the molecule is CCN1CC(CN(C)CN2C(=O)C3CC=CCC3C2=O)Oc2ccccc21. The minimum atomic E-state index is -0.163. The number of amides is 2. The molecule has 0 spiro atoms. The van der Waals surface area contributed by atoms with Gasteiger partial charge in [-0.05, 0) is 38.9 Å². The van der Waals surface area contributed by atoms with Gasteiger partial charge >= 0.3 is 0 Å². The number of carbonyl (C=O) groups excluding carboxylic acids is 2. The van der Waals surface area contributed by atoms with E-state index in [1.807, 2.05) is 42.3 Å². The molecule has 3 atom stereocenters. The quantitative estimate of drug-likeness (QED) is 0.588. The zero-order valence-electron chi connectivity index (χ0n) is 16.0. The summed E-state index contributed by atoms with van der Waals surface area (Å²) in [6, 6.07) is 8.08. The summed E-state index contributed by atoms with van der Waals surface area (Å²) in [6.45, 7) is 4.85. The molecule has 0 N–H and O–H groups in total. The fraction of sp³-hybridized carbons (Fsp3) is 0.524. The summed E-state index contributed by atoms with van der Waals surface area (Å²) in [6.07, 6.45) is 5.41. The number of para-hydroxylation sites is 2. The van der Waals surface area contributed by atoms with Gasteiger partial charge in [0.25, 0.3) is 0 Å². The molecule has 4 rings (SSSR count). The zero-order valence-corrected chi connectivity index (χ0v) is 16.0. The van der Waals surface area contributed by atoms with Crippen LogP contribution in [0.15, 0.2) is 36.4 Å². The highest BCUT2D eigenvalue weighted by molar-refractivity contribution is 6.05. The number of likely N-dealkylation sites (N-methyl/N-ethyl adjacent to an activating group) is 2. The van der Waals surface area contributed by atoms with E-state index in [-0.39, 0.29) is 29.8 Å². The molecule has 0 saturated carbocycles. The maximum absolute atomic E-state index is 12.6. The molecule has 0 aromatic heterocycles. The number of likely N-dealkylation sites (tertiary alicyclic amines) is 1. The maximum Gasteiger partial charge on any atom is 0.234 e. The molecule has 1 fully saturated rings. The van der Waals surface area contributed by atoms with Crippen molar-refractivity contribution in [3.8, 4) is 5.75 Å². The third-order valence-corrected chi connectivity index (χ3v) is 5.80. The molecule has 2 heterocycles. The smallest absolute Gasteiger partial charge is 0.234 e. The largest absolute Gasteiger partial charge is 0.485 e. The lowest BCUT2D eigenvalue weighted by Crippen LogP contribution is -2.48. The second kappa shape index (κ2) is 7.35. The van der Waals surface area contributed by atoms with E-state index in [2.05, 4.69) is 17.9 Å². The molecule has 6 nitrogen and oxygen atoms in total. The monoisotopic (exact) mass is 369 g/mol. The van der Waals surface area contributed by atoms with Gasteiger partial charge in [-0.2, -0.15) is 0 Å². The van der Waals surface area contributed by atoms with Crippen molar-refractivity contribution in [2.75, 3.05) is 38.3 Å². The van der Waals surface area contributed by atoms with Gasteiger partial charge in [-0.25, -0.2) is 0 Å². The summed E-state index contributed by atoms with van der Waals surface area (Å²) >= 11 is 0. The fourth-order valence-electron chi connectivity index (χ4n) is 4.43. The Labute approximate surface area is 160 Å². The molecule has 27 heavy (non-hydrogen) atoms. The van der Waals surface area contributed by atoms with Gasteiger partial charge in [0.05, 0.1) is 30.7 Å². The molecule has 3 aliphatic rings. The van der Waals surface area contributed by atoms with Gasteiger partial charge in [0.1, 0.15) is 11.9 Å². The number of hydrogen-bond acceptors (Lipinski definition) is 5. The Kier molecular flexibility index (Phi) is 4.91. The van der Waals surface area contributed by atoms with Crippen LogP contribution < -0.4 is 9.64 Å². The van der Waals surface area contributed by atoms with E-state index < -0.39 is 0 Å². The minimum Gasteiger partial charge on any atom is -0.485 e. The van der Waals surface area contributed by atoms with Crippen LogP contribution in [0.4, 0.5) is 5.69 Å². The molecule has 1 aromatic carbocycles. The van der Waals surface area contributed by atoms with Crippen LogP contribution in [0.2, 0.25) is 0 Å². The van der Waals surface area contributed by atoms with Crippen molar-refractivity contribution in [2.24, 2.45) is 11.8 Å². The average Bonchev–Trinajstić information content (AvgIpc) is 2.92. The number of fused-ring (bicyclic) bond motifs is 2. The highest BCUT2D eigenvalue weighted by atomic mass is 16.5. The van der Waals surface area contributed by atoms with Gasteiger partial charge in [0, 0.05) is 13.1 Å². The van der Waals surface area contributed by atoms with Gasteiger partial charge in [0.15, 0.2) is 0 Å². The first-order valence-corrected chi connectivity index (χ1v) is 9.78. The van der Waals surface area contributed by atoms with Crippen LogP contribution in [-0.4, -0.2) is 61.1 Å². The number of hydrogen-bond donors (Lipinski definition) is 0. The molecule has 1 aliphatic carbocycles. The third kappa shape index (κ3) is 3.34. The minimum absolute atomic E-state index is 0.00148. The Balaban J connectivity index is 1.39. The molecule has 0 bridgehead atoms. The molecule has 1 aromatic rings. The molecule has 1 saturated heterocycles. The van der Waals surface area contributed by atoms with Gasteiger partial charge < -0.3 is 9.64 Å². The van der Waals surface area contributed by atoms with Crippen molar-refractivity contribution in [3.05, 3.63) is 36.4 Å². The Morgan fingerprint density at radius 2 is 1.78 bits per heavy atom. The van der Waals surface area contributed by atoms with Gasteiger partial charge in [-0.1, -0.05) is 24.3 Å². The summed E-state index contributed by atoms with van der Waals surface area (Å²) in [5.74, 6) is 0.528. The standard InChI is InChI=1S/C21H27N3O3/c1-3-23-13-15(27-19-11-7-6-10-18(19)23)12-22(2)14-24-20(25)16-8-4-5-9-17(16)21(24)26/h4-7,10-11,15-17H,3,8-9,12-14H2,1-2H3. The highest BCUT2D eigenvalue weighted by Gasteiger charge is 2.47. The zero-order chi connectivity index (χ0) is 19.0. The van der Waals surface area contributed by atoms with E-state index >= 15 is 0 Å². The molecule has 6 heteroatoms. The number of carbonyl (C=O) groups is 2. The fourth-order valence-corrected chi connectivity index (χ4v) is 4.43. The summed E-state index contributed by atoms with van der Waals surface area (Å²) in [7, 11) is 1.95. The van der Waals surface area contributed by atoms with Crippen molar-refractivity contribution in [2.45, 2.75) is 25.9 Å².